The number of thiophene rings is 1. The van der Waals surface area contributed by atoms with Crippen molar-refractivity contribution in [2.24, 2.45) is 0 Å². The van der Waals surface area contributed by atoms with E-state index >= 15 is 0 Å². The van der Waals surface area contributed by atoms with Gasteiger partial charge in [0, 0.05) is 23.9 Å². The number of methoxy groups -OCH3 is 1. The van der Waals surface area contributed by atoms with Crippen molar-refractivity contribution in [1.82, 2.24) is 15.4 Å². The van der Waals surface area contributed by atoms with E-state index in [0.717, 1.165) is 20.5 Å². The Labute approximate surface area is 221 Å². The largest absolute Gasteiger partial charge is 0.452 e. The van der Waals surface area contributed by atoms with Crippen LogP contribution in [0, 0.1) is 10.1 Å². The Morgan fingerprint density at radius 3 is 2.49 bits per heavy atom. The maximum absolute atomic E-state index is 13.2. The Hall–Kier alpha value is -3.93. The summed E-state index contributed by atoms with van der Waals surface area (Å²) in [4.78, 5) is 42.6. The molecule has 2 aromatic carbocycles. The van der Waals surface area contributed by atoms with Crippen molar-refractivity contribution in [1.29, 1.82) is 0 Å². The Morgan fingerprint density at radius 2 is 1.89 bits per heavy atom. The Morgan fingerprint density at radius 1 is 1.16 bits per heavy atom. The number of nitro benzene ring substituents is 1. The Bertz CT molecular complexity index is 1360. The first-order chi connectivity index (χ1) is 17.9. The third-order valence-electron chi connectivity index (χ3n) is 5.87. The zero-order valence-electron chi connectivity index (χ0n) is 20.1. The molecular formula is C26H24N4O5S2. The molecule has 0 spiro atoms. The van der Waals surface area contributed by atoms with Crippen molar-refractivity contribution >= 4 is 40.7 Å². The maximum atomic E-state index is 13.2. The number of hydrazine groups is 1. The first-order valence-corrected chi connectivity index (χ1v) is 13.0. The molecule has 0 aliphatic heterocycles. The lowest BCUT2D eigenvalue weighted by Gasteiger charge is -2.40. The van der Waals surface area contributed by atoms with Crippen LogP contribution < -0.4 is 5.43 Å². The highest BCUT2D eigenvalue weighted by Gasteiger charge is 2.44. The van der Waals surface area contributed by atoms with Crippen LogP contribution in [0.3, 0.4) is 0 Å². The average Bonchev–Trinajstić information content (AvgIpc) is 3.63. The van der Waals surface area contributed by atoms with Crippen LogP contribution in [0.2, 0.25) is 0 Å². The molecule has 2 heterocycles. The summed E-state index contributed by atoms with van der Waals surface area (Å²) in [7, 11) is 1.23. The normalized spacial score (nSPS) is 13.4. The lowest BCUT2D eigenvalue weighted by Crippen LogP contribution is -2.59. The molecule has 0 saturated heterocycles. The molecule has 0 aliphatic rings. The number of hydrogen-bond acceptors (Lipinski definition) is 9. The van der Waals surface area contributed by atoms with Crippen LogP contribution in [0.1, 0.15) is 29.8 Å². The van der Waals surface area contributed by atoms with Gasteiger partial charge in [-0.2, -0.15) is 0 Å². The molecular weight excluding hydrogens is 512 g/mol. The monoisotopic (exact) mass is 536 g/mol. The number of non-ortho nitro benzene ring substituents is 1. The van der Waals surface area contributed by atoms with E-state index in [9.17, 15) is 19.7 Å². The van der Waals surface area contributed by atoms with Gasteiger partial charge >= 0.3 is 6.09 Å². The van der Waals surface area contributed by atoms with Gasteiger partial charge in [-0.1, -0.05) is 36.4 Å². The van der Waals surface area contributed by atoms with Crippen LogP contribution in [-0.4, -0.2) is 34.4 Å². The van der Waals surface area contributed by atoms with E-state index < -0.39 is 22.6 Å². The van der Waals surface area contributed by atoms with Gasteiger partial charge in [0.15, 0.2) is 6.29 Å². The molecule has 0 aliphatic carbocycles. The number of thiazole rings is 1. The maximum Gasteiger partial charge on any atom is 0.425 e. The van der Waals surface area contributed by atoms with Crippen LogP contribution >= 0.6 is 22.7 Å². The lowest BCUT2D eigenvalue weighted by molar-refractivity contribution is -0.384. The molecule has 0 radical (unpaired) electrons. The number of aromatic nitrogens is 1. The number of carbonyl (C=O) groups excluding carboxylic acids is 2. The van der Waals surface area contributed by atoms with Crippen molar-refractivity contribution in [3.05, 3.63) is 104 Å². The fourth-order valence-corrected chi connectivity index (χ4v) is 5.66. The molecule has 9 nitrogen and oxygen atoms in total. The molecule has 1 amide bonds. The van der Waals surface area contributed by atoms with Gasteiger partial charge in [0.25, 0.3) is 5.69 Å². The zero-order chi connectivity index (χ0) is 26.4. The van der Waals surface area contributed by atoms with Crippen LogP contribution in [-0.2, 0) is 21.5 Å². The number of nitrogens with zero attached hydrogens (tertiary/aromatic N) is 3. The zero-order valence-corrected chi connectivity index (χ0v) is 21.7. The predicted molar refractivity (Wildman–Crippen MR) is 142 cm³/mol. The summed E-state index contributed by atoms with van der Waals surface area (Å²) in [6.45, 7) is 1.83. The minimum absolute atomic E-state index is 0.0987. The third-order valence-corrected chi connectivity index (χ3v) is 7.77. The van der Waals surface area contributed by atoms with E-state index in [1.54, 1.807) is 11.3 Å². The van der Waals surface area contributed by atoms with E-state index in [0.29, 0.717) is 17.5 Å². The highest BCUT2D eigenvalue weighted by Crippen LogP contribution is 2.34. The van der Waals surface area contributed by atoms with E-state index in [4.69, 9.17) is 9.72 Å². The number of nitro groups is 1. The lowest BCUT2D eigenvalue weighted by atomic mass is 9.84. The molecule has 4 aromatic rings. The molecule has 1 N–H and O–H groups in total. The first kappa shape index (κ1) is 26.1. The summed E-state index contributed by atoms with van der Waals surface area (Å²) < 4.78 is 5.08. The molecule has 4 rings (SSSR count). The SMILES string of the molecule is COC(=O)N(N[C@@H](C)c1csc(-c2cccs2)n1)[C@@](C=O)(Cc1ccccc1)c1ccc([N+](=O)[O-])cc1. The predicted octanol–water partition coefficient (Wildman–Crippen LogP) is 5.75. The van der Waals surface area contributed by atoms with Crippen LogP contribution in [0.4, 0.5) is 10.5 Å². The van der Waals surface area contributed by atoms with Crippen molar-refractivity contribution < 1.29 is 19.2 Å². The van der Waals surface area contributed by atoms with E-state index in [-0.39, 0.29) is 12.1 Å². The third kappa shape index (κ3) is 5.58. The van der Waals surface area contributed by atoms with Crippen LogP contribution in [0.15, 0.2) is 77.5 Å². The first-order valence-electron chi connectivity index (χ1n) is 11.3. The topological polar surface area (TPSA) is 115 Å². The number of amides is 1. The summed E-state index contributed by atoms with van der Waals surface area (Å²) in [5.74, 6) is 0. The van der Waals surface area contributed by atoms with Crippen molar-refractivity contribution in [3.63, 3.8) is 0 Å². The summed E-state index contributed by atoms with van der Waals surface area (Å²) in [6.07, 6.45) is -0.0285. The summed E-state index contributed by atoms with van der Waals surface area (Å²) in [5, 5.41) is 17.1. The molecule has 2 aromatic heterocycles. The van der Waals surface area contributed by atoms with Gasteiger partial charge < -0.3 is 9.53 Å². The second-order valence-electron chi connectivity index (χ2n) is 8.22. The van der Waals surface area contributed by atoms with Gasteiger partial charge in [-0.25, -0.2) is 20.2 Å². The van der Waals surface area contributed by atoms with E-state index in [2.05, 4.69) is 5.43 Å². The average molecular weight is 537 g/mol. The van der Waals surface area contributed by atoms with Gasteiger partial charge in [-0.15, -0.1) is 22.7 Å². The molecule has 37 heavy (non-hydrogen) atoms. The number of rotatable bonds is 10. The van der Waals surface area contributed by atoms with E-state index in [1.807, 2.05) is 60.1 Å². The second kappa shape index (κ2) is 11.4. The number of hydrogen-bond donors (Lipinski definition) is 1. The summed E-state index contributed by atoms with van der Waals surface area (Å²) >= 11 is 3.07. The smallest absolute Gasteiger partial charge is 0.425 e. The standard InChI is InChI=1S/C26H24N4O5S2/c1-18(22-16-37-24(27-22)23-9-6-14-36-23)28-29(25(32)35-2)26(17-31,15-19-7-4-3-5-8-19)20-10-12-21(13-11-20)30(33)34/h3-14,16-18,28H,15H2,1-2H3/t18-,26+/m0/s1. The van der Waals surface area contributed by atoms with Gasteiger partial charge in [0.2, 0.25) is 0 Å². The van der Waals surface area contributed by atoms with Gasteiger partial charge in [0.05, 0.1) is 28.6 Å². The van der Waals surface area contributed by atoms with Gasteiger partial charge in [0.1, 0.15) is 10.5 Å². The molecule has 11 heteroatoms. The van der Waals surface area contributed by atoms with Crippen molar-refractivity contribution in [2.75, 3.05) is 7.11 Å². The molecule has 0 fully saturated rings. The number of aldehydes is 1. The van der Waals surface area contributed by atoms with Gasteiger partial charge in [-0.05, 0) is 41.6 Å². The molecule has 0 unspecified atom stereocenters. The number of nitrogens with one attached hydrogen (secondary N) is 1. The van der Waals surface area contributed by atoms with Crippen molar-refractivity contribution in [2.45, 2.75) is 24.9 Å². The number of benzene rings is 2. The number of ether oxygens (including phenoxy) is 1. The highest BCUT2D eigenvalue weighted by molar-refractivity contribution is 7.20. The van der Waals surface area contributed by atoms with Crippen LogP contribution in [0.5, 0.6) is 0 Å². The fraction of sp³-hybridized carbons (Fsp3) is 0.192. The summed E-state index contributed by atoms with van der Waals surface area (Å²) in [6, 6.07) is 18.3. The van der Waals surface area contributed by atoms with Gasteiger partial charge in [-0.3, -0.25) is 10.1 Å². The molecule has 190 valence electrons. The Balaban J connectivity index is 1.76. The molecule has 0 bridgehead atoms. The fourth-order valence-electron chi connectivity index (χ4n) is 3.93. The molecule has 0 saturated carbocycles. The Kier molecular flexibility index (Phi) is 8.07. The van der Waals surface area contributed by atoms with E-state index in [1.165, 1.54) is 42.7 Å². The second-order valence-corrected chi connectivity index (χ2v) is 10.0. The highest BCUT2D eigenvalue weighted by atomic mass is 32.1. The minimum Gasteiger partial charge on any atom is -0.452 e. The summed E-state index contributed by atoms with van der Waals surface area (Å²) in [5.41, 5.74) is 3.28. The quantitative estimate of drug-likeness (QED) is 0.156. The van der Waals surface area contributed by atoms with Crippen molar-refractivity contribution in [3.8, 4) is 9.88 Å². The molecule has 2 atom stereocenters. The van der Waals surface area contributed by atoms with Crippen LogP contribution in [0.25, 0.3) is 9.88 Å². The minimum atomic E-state index is -1.58. The number of carbonyl (C=O) groups is 2.